The van der Waals surface area contributed by atoms with Gasteiger partial charge in [0.25, 0.3) is 5.91 Å². The fourth-order valence-corrected chi connectivity index (χ4v) is 4.12. The lowest BCUT2D eigenvalue weighted by Gasteiger charge is -2.24. The fraction of sp³-hybridized carbons (Fsp3) is 0.160. The summed E-state index contributed by atoms with van der Waals surface area (Å²) in [5.41, 5.74) is 2.93. The summed E-state index contributed by atoms with van der Waals surface area (Å²) in [7, 11) is 0. The minimum atomic E-state index is -0.972. The zero-order valence-electron chi connectivity index (χ0n) is 17.3. The number of carbonyl (C=O) groups is 1. The summed E-state index contributed by atoms with van der Waals surface area (Å²) in [5, 5.41) is 0.370. The predicted octanol–water partition coefficient (Wildman–Crippen LogP) is 5.00. The van der Waals surface area contributed by atoms with E-state index in [0.717, 1.165) is 11.1 Å². The van der Waals surface area contributed by atoms with Gasteiger partial charge in [-0.1, -0.05) is 24.3 Å². The van der Waals surface area contributed by atoms with Gasteiger partial charge < -0.3 is 4.42 Å². The molecule has 0 fully saturated rings. The first kappa shape index (κ1) is 19.2. The van der Waals surface area contributed by atoms with Crippen molar-refractivity contribution in [2.24, 2.45) is 0 Å². The lowest BCUT2D eigenvalue weighted by atomic mass is 9.97. The topological polar surface area (TPSA) is 63.4 Å². The molecule has 1 aliphatic heterocycles. The molecular weight excluding hydrogens is 395 g/mol. The summed E-state index contributed by atoms with van der Waals surface area (Å²) in [5.74, 6) is -0.762. The van der Waals surface area contributed by atoms with E-state index >= 15 is 0 Å². The number of rotatable bonds is 2. The largest absolute Gasteiger partial charge is 0.450 e. The van der Waals surface area contributed by atoms with Crippen molar-refractivity contribution in [3.63, 3.8) is 0 Å². The maximum atomic E-state index is 14.9. The molecule has 6 heteroatoms. The minimum absolute atomic E-state index is 0.0719. The molecule has 0 saturated carbocycles. The highest BCUT2D eigenvalue weighted by Gasteiger charge is 2.45. The number of amides is 1. The average molecular weight is 414 g/mol. The van der Waals surface area contributed by atoms with E-state index in [4.69, 9.17) is 4.42 Å². The van der Waals surface area contributed by atoms with Crippen LogP contribution in [0.1, 0.15) is 44.5 Å². The number of pyridine rings is 1. The van der Waals surface area contributed by atoms with Crippen LogP contribution in [0.5, 0.6) is 0 Å². The smallest absolute Gasteiger partial charge is 0.296 e. The molecule has 5 nitrogen and oxygen atoms in total. The second-order valence-corrected chi connectivity index (χ2v) is 7.84. The Balaban J connectivity index is 1.86. The van der Waals surface area contributed by atoms with Crippen LogP contribution in [0.25, 0.3) is 11.0 Å². The normalized spacial score (nSPS) is 15.5. The van der Waals surface area contributed by atoms with E-state index < -0.39 is 17.8 Å². The van der Waals surface area contributed by atoms with Crippen molar-refractivity contribution in [3.8, 4) is 0 Å². The molecule has 3 heterocycles. The summed E-state index contributed by atoms with van der Waals surface area (Å²) in [6.45, 7) is 5.62. The van der Waals surface area contributed by atoms with E-state index in [-0.39, 0.29) is 22.3 Å². The Morgan fingerprint density at radius 1 is 0.968 bits per heavy atom. The van der Waals surface area contributed by atoms with Gasteiger partial charge in [0.15, 0.2) is 5.43 Å². The van der Waals surface area contributed by atoms with E-state index in [2.05, 4.69) is 4.98 Å². The zero-order chi connectivity index (χ0) is 21.9. The molecule has 0 unspecified atom stereocenters. The number of hydrogen-bond donors (Lipinski definition) is 0. The third-order valence-electron chi connectivity index (χ3n) is 5.81. The van der Waals surface area contributed by atoms with Crippen LogP contribution >= 0.6 is 0 Å². The second-order valence-electron chi connectivity index (χ2n) is 7.84. The first-order valence-electron chi connectivity index (χ1n) is 9.96. The van der Waals surface area contributed by atoms with Crippen LogP contribution in [-0.2, 0) is 0 Å². The number of hydrogen-bond acceptors (Lipinski definition) is 4. The van der Waals surface area contributed by atoms with E-state index in [1.165, 1.54) is 11.0 Å². The van der Waals surface area contributed by atoms with Crippen LogP contribution < -0.4 is 10.3 Å². The van der Waals surface area contributed by atoms with E-state index in [1.807, 2.05) is 13.8 Å². The highest BCUT2D eigenvalue weighted by atomic mass is 19.1. The number of anilines is 1. The van der Waals surface area contributed by atoms with Gasteiger partial charge in [0.1, 0.15) is 17.2 Å². The number of aryl methyl sites for hydroxylation is 3. The fourth-order valence-electron chi connectivity index (χ4n) is 4.12. The molecule has 31 heavy (non-hydrogen) atoms. The highest BCUT2D eigenvalue weighted by molar-refractivity contribution is 6.10. The minimum Gasteiger partial charge on any atom is -0.450 e. The Bertz CT molecular complexity index is 1440. The average Bonchev–Trinajstić information content (AvgIpc) is 3.02. The monoisotopic (exact) mass is 414 g/mol. The van der Waals surface area contributed by atoms with Gasteiger partial charge in [-0.05, 0) is 62.2 Å². The molecule has 5 rings (SSSR count). The molecule has 4 aromatic rings. The summed E-state index contributed by atoms with van der Waals surface area (Å²) in [6, 6.07) is 13.9. The van der Waals surface area contributed by atoms with Crippen molar-refractivity contribution >= 4 is 22.7 Å². The van der Waals surface area contributed by atoms with Gasteiger partial charge in [-0.25, -0.2) is 9.37 Å². The number of carbonyl (C=O) groups excluding carboxylic acids is 1. The van der Waals surface area contributed by atoms with Gasteiger partial charge in [-0.2, -0.15) is 0 Å². The summed E-state index contributed by atoms with van der Waals surface area (Å²) >= 11 is 0. The van der Waals surface area contributed by atoms with E-state index in [0.29, 0.717) is 22.5 Å². The van der Waals surface area contributed by atoms with Crippen LogP contribution in [0.3, 0.4) is 0 Å². The van der Waals surface area contributed by atoms with Crippen LogP contribution in [-0.4, -0.2) is 10.9 Å². The third-order valence-corrected chi connectivity index (χ3v) is 5.81. The first-order chi connectivity index (χ1) is 14.9. The van der Waals surface area contributed by atoms with Crippen molar-refractivity contribution in [2.75, 3.05) is 4.90 Å². The first-order valence-corrected chi connectivity index (χ1v) is 9.96. The summed E-state index contributed by atoms with van der Waals surface area (Å²) in [6.07, 6.45) is 0. The van der Waals surface area contributed by atoms with Gasteiger partial charge in [0, 0.05) is 11.3 Å². The Morgan fingerprint density at radius 3 is 2.45 bits per heavy atom. The quantitative estimate of drug-likeness (QED) is 0.463. The molecule has 1 amide bonds. The number of benzene rings is 2. The molecule has 0 radical (unpaired) electrons. The number of nitrogens with zero attached hydrogens (tertiary/aromatic N) is 2. The van der Waals surface area contributed by atoms with Gasteiger partial charge in [-0.15, -0.1) is 0 Å². The predicted molar refractivity (Wildman–Crippen MR) is 116 cm³/mol. The summed E-state index contributed by atoms with van der Waals surface area (Å²) < 4.78 is 20.9. The third kappa shape index (κ3) is 2.86. The van der Waals surface area contributed by atoms with Crippen LogP contribution in [0.15, 0.2) is 63.8 Å². The van der Waals surface area contributed by atoms with E-state index in [9.17, 15) is 14.0 Å². The molecule has 2 aromatic carbocycles. The zero-order valence-corrected chi connectivity index (χ0v) is 17.3. The number of halogens is 1. The van der Waals surface area contributed by atoms with Gasteiger partial charge in [-0.3, -0.25) is 14.5 Å². The van der Waals surface area contributed by atoms with Crippen molar-refractivity contribution in [3.05, 3.63) is 104 Å². The molecule has 2 aromatic heterocycles. The van der Waals surface area contributed by atoms with Gasteiger partial charge >= 0.3 is 0 Å². The molecule has 0 N–H and O–H groups in total. The van der Waals surface area contributed by atoms with Crippen LogP contribution in [0.4, 0.5) is 10.2 Å². The van der Waals surface area contributed by atoms with Gasteiger partial charge in [0.2, 0.25) is 5.76 Å². The Morgan fingerprint density at radius 2 is 1.71 bits per heavy atom. The SMILES string of the molecule is Cc1cccc(N2C(=O)c3oc4cc(C)c(C)cc4c(=O)c3[C@H]2c2ccccc2F)n1. The molecule has 0 bridgehead atoms. The van der Waals surface area contributed by atoms with Crippen molar-refractivity contribution in [2.45, 2.75) is 26.8 Å². The highest BCUT2D eigenvalue weighted by Crippen LogP contribution is 2.41. The Labute approximate surface area is 177 Å². The van der Waals surface area contributed by atoms with Crippen molar-refractivity contribution in [1.82, 2.24) is 4.98 Å². The Kier molecular flexibility index (Phi) is 4.25. The second kappa shape index (κ2) is 6.87. The van der Waals surface area contributed by atoms with Gasteiger partial charge in [0.05, 0.1) is 17.0 Å². The Hall–Kier alpha value is -3.80. The van der Waals surface area contributed by atoms with Crippen molar-refractivity contribution in [1.29, 1.82) is 0 Å². The van der Waals surface area contributed by atoms with E-state index in [1.54, 1.807) is 55.5 Å². The molecule has 1 atom stereocenters. The van der Waals surface area contributed by atoms with Crippen LogP contribution in [0.2, 0.25) is 0 Å². The molecule has 0 spiro atoms. The maximum absolute atomic E-state index is 14.9. The lowest BCUT2D eigenvalue weighted by Crippen LogP contribution is -2.31. The molecule has 0 aliphatic carbocycles. The number of fused-ring (bicyclic) bond motifs is 2. The lowest BCUT2D eigenvalue weighted by molar-refractivity contribution is 0.0970. The van der Waals surface area contributed by atoms with Crippen LogP contribution in [0, 0.1) is 26.6 Å². The molecule has 154 valence electrons. The van der Waals surface area contributed by atoms with Crippen molar-refractivity contribution < 1.29 is 13.6 Å². The standard InChI is InChI=1S/C25H19FN2O3/c1-13-11-17-19(12-14(13)2)31-24-21(23(17)29)22(16-8-4-5-9-18(16)26)28(25(24)30)20-10-6-7-15(3)27-20/h4-12,22H,1-3H3/t22-/m1/s1. The number of aromatic nitrogens is 1. The summed E-state index contributed by atoms with van der Waals surface area (Å²) in [4.78, 5) is 32.9. The molecule has 0 saturated heterocycles. The maximum Gasteiger partial charge on any atom is 0.296 e. The molecular formula is C25H19FN2O3. The molecule has 1 aliphatic rings.